The molecule has 4 rings (SSSR count). The maximum Gasteiger partial charge on any atom is 0.254 e. The van der Waals surface area contributed by atoms with Gasteiger partial charge in [0.1, 0.15) is 5.75 Å². The Labute approximate surface area is 160 Å². The molecular formula is C22H27FN2O2. The van der Waals surface area contributed by atoms with E-state index in [4.69, 9.17) is 0 Å². The van der Waals surface area contributed by atoms with Gasteiger partial charge in [-0.15, -0.1) is 0 Å². The Bertz CT molecular complexity index is 779. The lowest BCUT2D eigenvalue weighted by Gasteiger charge is -2.42. The summed E-state index contributed by atoms with van der Waals surface area (Å²) < 4.78 is 12.3. The van der Waals surface area contributed by atoms with Gasteiger partial charge in [-0.1, -0.05) is 40.9 Å². The number of hydrogen-bond acceptors (Lipinski definition) is 3. The number of fused-ring (bicyclic) bond motifs is 4. The number of halogens is 1. The average Bonchev–Trinajstić information content (AvgIpc) is 2.66. The van der Waals surface area contributed by atoms with Gasteiger partial charge in [0, 0.05) is 13.1 Å². The molecule has 5 heteroatoms. The van der Waals surface area contributed by atoms with Crippen molar-refractivity contribution in [1.82, 2.24) is 10.0 Å². The minimum atomic E-state index is -0.527. The maximum absolute atomic E-state index is 12.3. The van der Waals surface area contributed by atoms with Gasteiger partial charge in [-0.25, -0.2) is 0 Å². The Hall–Kier alpha value is -2.40. The number of amides is 1. The van der Waals surface area contributed by atoms with Crippen LogP contribution in [0.3, 0.4) is 0 Å². The van der Waals surface area contributed by atoms with Crippen molar-refractivity contribution >= 4 is 5.91 Å². The molecule has 0 saturated carbocycles. The van der Waals surface area contributed by atoms with Gasteiger partial charge < -0.3 is 10.0 Å². The fraction of sp³-hybridized carbons (Fsp3) is 0.409. The molecule has 1 aliphatic heterocycles. The first-order valence-corrected chi connectivity index (χ1v) is 9.42. The van der Waals surface area contributed by atoms with E-state index in [-0.39, 0.29) is 11.5 Å². The molecule has 2 aromatic rings. The van der Waals surface area contributed by atoms with Crippen LogP contribution in [0.15, 0.2) is 48.5 Å². The van der Waals surface area contributed by atoms with E-state index in [9.17, 15) is 14.4 Å². The van der Waals surface area contributed by atoms with Crippen LogP contribution >= 0.6 is 0 Å². The Balaban J connectivity index is 0.000000161. The summed E-state index contributed by atoms with van der Waals surface area (Å²) >= 11 is 0. The maximum atomic E-state index is 12.3. The number of benzene rings is 2. The van der Waals surface area contributed by atoms with Crippen molar-refractivity contribution in [3.63, 3.8) is 0 Å². The number of phenols is 1. The van der Waals surface area contributed by atoms with Gasteiger partial charge in [0.2, 0.25) is 0 Å². The zero-order chi connectivity index (χ0) is 19.4. The summed E-state index contributed by atoms with van der Waals surface area (Å²) in [6, 6.07) is 15.7. The molecule has 0 aromatic heterocycles. The van der Waals surface area contributed by atoms with E-state index in [1.807, 2.05) is 30.3 Å². The van der Waals surface area contributed by atoms with Crippen molar-refractivity contribution in [2.24, 2.45) is 0 Å². The summed E-state index contributed by atoms with van der Waals surface area (Å²) in [5.41, 5.74) is 3.67. The standard InChI is InChI=1S/C13H17NO.C9H10FNO/c1-14-5-4-10-7-11(14)6-9-2-3-12(15)8-13(9)10;1-11(10)9(12)7-8-5-3-2-4-6-8/h2-3,8,10-11,15H,4-7H2,1H3;2-6H,7H2,1H3. The van der Waals surface area contributed by atoms with Crippen LogP contribution in [0.4, 0.5) is 4.48 Å². The minimum absolute atomic E-state index is 0.104. The molecule has 144 valence electrons. The van der Waals surface area contributed by atoms with E-state index in [0.29, 0.717) is 11.7 Å². The highest BCUT2D eigenvalue weighted by atomic mass is 19.2. The number of likely N-dealkylation sites (tertiary alicyclic amines) is 1. The zero-order valence-electron chi connectivity index (χ0n) is 15.9. The first kappa shape index (κ1) is 19.4. The Morgan fingerprint density at radius 2 is 2.00 bits per heavy atom. The Morgan fingerprint density at radius 1 is 1.26 bits per heavy atom. The van der Waals surface area contributed by atoms with Crippen LogP contribution in [0.1, 0.15) is 35.4 Å². The molecule has 0 spiro atoms. The monoisotopic (exact) mass is 370 g/mol. The largest absolute Gasteiger partial charge is 0.508 e. The zero-order valence-corrected chi connectivity index (χ0v) is 15.9. The quantitative estimate of drug-likeness (QED) is 0.820. The van der Waals surface area contributed by atoms with Gasteiger partial charge in [0.05, 0.1) is 6.42 Å². The molecule has 27 heavy (non-hydrogen) atoms. The normalized spacial score (nSPS) is 20.9. The number of nitrogens with zero attached hydrogens (tertiary/aromatic N) is 2. The van der Waals surface area contributed by atoms with Gasteiger partial charge in [-0.05, 0) is 67.6 Å². The van der Waals surface area contributed by atoms with E-state index >= 15 is 0 Å². The van der Waals surface area contributed by atoms with Crippen molar-refractivity contribution in [2.45, 2.75) is 37.6 Å². The van der Waals surface area contributed by atoms with Crippen LogP contribution in [0.5, 0.6) is 5.75 Å². The van der Waals surface area contributed by atoms with E-state index < -0.39 is 5.91 Å². The molecule has 4 nitrogen and oxygen atoms in total. The van der Waals surface area contributed by atoms with Crippen molar-refractivity contribution < 1.29 is 14.4 Å². The summed E-state index contributed by atoms with van der Waals surface area (Å²) in [7, 11) is 3.33. The molecule has 2 atom stereocenters. The smallest absolute Gasteiger partial charge is 0.254 e. The number of phenolic OH excluding ortho intramolecular Hbond substituents is 1. The second-order valence-corrected chi connectivity index (χ2v) is 7.48. The molecule has 2 aliphatic rings. The third-order valence-electron chi connectivity index (χ3n) is 5.58. The second kappa shape index (κ2) is 8.53. The van der Waals surface area contributed by atoms with Crippen LogP contribution in [-0.4, -0.2) is 47.7 Å². The van der Waals surface area contributed by atoms with E-state index in [1.54, 1.807) is 12.1 Å². The van der Waals surface area contributed by atoms with Gasteiger partial charge in [0.15, 0.2) is 0 Å². The fourth-order valence-electron chi connectivity index (χ4n) is 3.97. The Kier molecular flexibility index (Phi) is 6.11. The summed E-state index contributed by atoms with van der Waals surface area (Å²) in [5.74, 6) is 0.578. The minimum Gasteiger partial charge on any atom is -0.508 e. The topological polar surface area (TPSA) is 43.8 Å². The third-order valence-corrected chi connectivity index (χ3v) is 5.58. The van der Waals surface area contributed by atoms with Gasteiger partial charge in [-0.3, -0.25) is 4.79 Å². The van der Waals surface area contributed by atoms with Crippen LogP contribution < -0.4 is 0 Å². The number of rotatable bonds is 2. The van der Waals surface area contributed by atoms with Crippen molar-refractivity contribution in [2.75, 3.05) is 20.6 Å². The molecule has 2 bridgehead atoms. The molecule has 2 unspecified atom stereocenters. The van der Waals surface area contributed by atoms with Crippen molar-refractivity contribution in [1.29, 1.82) is 0 Å². The predicted molar refractivity (Wildman–Crippen MR) is 104 cm³/mol. The number of carbonyl (C=O) groups is 1. The Morgan fingerprint density at radius 3 is 2.70 bits per heavy atom. The number of likely N-dealkylation sites (N-methyl/N-ethyl adjacent to an activating group) is 2. The molecule has 1 saturated heterocycles. The lowest BCUT2D eigenvalue weighted by Crippen LogP contribution is -2.43. The molecule has 0 radical (unpaired) electrons. The van der Waals surface area contributed by atoms with E-state index in [0.717, 1.165) is 25.1 Å². The van der Waals surface area contributed by atoms with Crippen LogP contribution in [0.2, 0.25) is 0 Å². The highest BCUT2D eigenvalue weighted by Crippen LogP contribution is 2.40. The number of piperidine rings is 1. The number of hydrogen-bond donors (Lipinski definition) is 1. The van der Waals surface area contributed by atoms with Gasteiger partial charge >= 0.3 is 0 Å². The number of carbonyl (C=O) groups excluding carboxylic acids is 1. The van der Waals surface area contributed by atoms with Gasteiger partial charge in [-0.2, -0.15) is 5.12 Å². The molecule has 2 aromatic carbocycles. The average molecular weight is 370 g/mol. The summed E-state index contributed by atoms with van der Waals surface area (Å²) in [6.45, 7) is 1.20. The molecule has 1 amide bonds. The second-order valence-electron chi connectivity index (χ2n) is 7.48. The lowest BCUT2D eigenvalue weighted by molar-refractivity contribution is -0.142. The highest BCUT2D eigenvalue weighted by molar-refractivity contribution is 5.77. The van der Waals surface area contributed by atoms with Crippen molar-refractivity contribution in [3.05, 3.63) is 65.2 Å². The van der Waals surface area contributed by atoms with E-state index in [2.05, 4.69) is 18.0 Å². The molecule has 1 fully saturated rings. The van der Waals surface area contributed by atoms with Crippen LogP contribution in [0.25, 0.3) is 0 Å². The third kappa shape index (κ3) is 4.86. The SMILES string of the molecule is CN(F)C(=O)Cc1ccccc1.CN1CCC2CC1Cc1ccc(O)cc12. The predicted octanol–water partition coefficient (Wildman–Crippen LogP) is 3.70. The number of aromatic hydroxyl groups is 1. The molecule has 1 aliphatic carbocycles. The summed E-state index contributed by atoms with van der Waals surface area (Å²) in [6.07, 6.45) is 3.78. The lowest BCUT2D eigenvalue weighted by atomic mass is 9.75. The molecule has 1 heterocycles. The molecule has 1 N–H and O–H groups in total. The first-order valence-electron chi connectivity index (χ1n) is 9.42. The summed E-state index contributed by atoms with van der Waals surface area (Å²) in [4.78, 5) is 13.3. The van der Waals surface area contributed by atoms with Crippen molar-refractivity contribution in [3.8, 4) is 5.75 Å². The molecular weight excluding hydrogens is 343 g/mol. The van der Waals surface area contributed by atoms with Crippen LogP contribution in [-0.2, 0) is 17.6 Å². The van der Waals surface area contributed by atoms with Crippen LogP contribution in [0, 0.1) is 0 Å². The first-order chi connectivity index (χ1) is 12.9. The van der Waals surface area contributed by atoms with Gasteiger partial charge in [0.25, 0.3) is 5.91 Å². The summed E-state index contributed by atoms with van der Waals surface area (Å²) in [5, 5.41) is 9.63. The fourth-order valence-corrected chi connectivity index (χ4v) is 3.97. The highest BCUT2D eigenvalue weighted by Gasteiger charge is 2.33. The van der Waals surface area contributed by atoms with E-state index in [1.165, 1.54) is 30.5 Å².